The number of allylic oxidation sites excluding steroid dienone is 5. The first-order chi connectivity index (χ1) is 12.3. The van der Waals surface area contributed by atoms with Crippen LogP contribution in [0, 0.1) is 35.5 Å². The molecule has 140 valence electrons. The van der Waals surface area contributed by atoms with Gasteiger partial charge in [0.2, 0.25) is 0 Å². The summed E-state index contributed by atoms with van der Waals surface area (Å²) in [6.07, 6.45) is 29.4. The van der Waals surface area contributed by atoms with E-state index in [-0.39, 0.29) is 0 Å². The molecule has 0 aromatic heterocycles. The lowest BCUT2D eigenvalue weighted by Gasteiger charge is -2.37. The zero-order valence-corrected chi connectivity index (χ0v) is 16.5. The quantitative estimate of drug-likeness (QED) is 0.449. The Morgan fingerprint density at radius 1 is 0.520 bits per heavy atom. The lowest BCUT2D eigenvalue weighted by Crippen LogP contribution is -2.25. The van der Waals surface area contributed by atoms with Gasteiger partial charge in [-0.3, -0.25) is 0 Å². The van der Waals surface area contributed by atoms with Crippen LogP contribution in [0.25, 0.3) is 0 Å². The van der Waals surface area contributed by atoms with Crippen molar-refractivity contribution in [1.29, 1.82) is 0 Å². The van der Waals surface area contributed by atoms with E-state index in [2.05, 4.69) is 43.9 Å². The minimum Gasteiger partial charge on any atom is -0.103 e. The largest absolute Gasteiger partial charge is 0.103 e. The summed E-state index contributed by atoms with van der Waals surface area (Å²) < 4.78 is 0. The average molecular weight is 341 g/mol. The lowest BCUT2D eigenvalue weighted by molar-refractivity contribution is 0.166. The molecule has 0 unspecified atom stereocenters. The van der Waals surface area contributed by atoms with Crippen molar-refractivity contribution in [3.05, 3.63) is 37.0 Å². The van der Waals surface area contributed by atoms with Crippen molar-refractivity contribution < 1.29 is 0 Å². The van der Waals surface area contributed by atoms with E-state index < -0.39 is 0 Å². The maximum Gasteiger partial charge on any atom is -0.0233 e. The highest BCUT2D eigenvalue weighted by Crippen LogP contribution is 2.42. The van der Waals surface area contributed by atoms with Gasteiger partial charge in [0.1, 0.15) is 0 Å². The highest BCUT2D eigenvalue weighted by atomic mass is 14.3. The van der Waals surface area contributed by atoms with E-state index in [1.165, 1.54) is 77.0 Å². The number of hydrogen-bond donors (Lipinski definition) is 0. The van der Waals surface area contributed by atoms with Crippen molar-refractivity contribution in [3.8, 4) is 0 Å². The average Bonchev–Trinajstić information content (AvgIpc) is 2.68. The Hall–Kier alpha value is -0.780. The van der Waals surface area contributed by atoms with E-state index in [4.69, 9.17) is 0 Å². The van der Waals surface area contributed by atoms with Crippen molar-refractivity contribution in [2.24, 2.45) is 35.5 Å². The Morgan fingerprint density at radius 3 is 1.28 bits per heavy atom. The molecule has 0 heteroatoms. The molecule has 0 aromatic carbocycles. The van der Waals surface area contributed by atoms with Crippen LogP contribution in [0.5, 0.6) is 0 Å². The molecule has 0 nitrogen and oxygen atoms in total. The van der Waals surface area contributed by atoms with Gasteiger partial charge in [0, 0.05) is 0 Å². The van der Waals surface area contributed by atoms with Crippen molar-refractivity contribution in [2.45, 2.75) is 84.0 Å². The van der Waals surface area contributed by atoms with Crippen molar-refractivity contribution in [2.75, 3.05) is 0 Å². The van der Waals surface area contributed by atoms with Crippen LogP contribution in [-0.2, 0) is 0 Å². The molecule has 0 bridgehead atoms. The maximum atomic E-state index is 3.97. The molecular formula is C25H40. The zero-order chi connectivity index (χ0) is 17.5. The lowest BCUT2D eigenvalue weighted by atomic mass is 9.69. The van der Waals surface area contributed by atoms with Gasteiger partial charge in [-0.2, -0.15) is 0 Å². The second kappa shape index (κ2) is 9.79. The van der Waals surface area contributed by atoms with Gasteiger partial charge in [-0.05, 0) is 119 Å². The second-order valence-electron chi connectivity index (χ2n) is 9.17. The van der Waals surface area contributed by atoms with Gasteiger partial charge < -0.3 is 0 Å². The van der Waals surface area contributed by atoms with Gasteiger partial charge >= 0.3 is 0 Å². The molecule has 0 heterocycles. The van der Waals surface area contributed by atoms with Crippen molar-refractivity contribution in [1.82, 2.24) is 0 Å². The van der Waals surface area contributed by atoms with Crippen LogP contribution in [0.1, 0.15) is 84.0 Å². The molecule has 25 heavy (non-hydrogen) atoms. The Labute approximate surface area is 156 Å². The molecular weight excluding hydrogens is 300 g/mol. The molecule has 3 saturated carbocycles. The van der Waals surface area contributed by atoms with Crippen LogP contribution in [0.4, 0.5) is 0 Å². The first-order valence-electron chi connectivity index (χ1n) is 11.2. The van der Waals surface area contributed by atoms with Crippen molar-refractivity contribution in [3.63, 3.8) is 0 Å². The van der Waals surface area contributed by atoms with Crippen molar-refractivity contribution >= 4 is 0 Å². The van der Waals surface area contributed by atoms with Gasteiger partial charge in [-0.25, -0.2) is 0 Å². The van der Waals surface area contributed by atoms with E-state index in [1.807, 2.05) is 0 Å². The smallest absolute Gasteiger partial charge is 0.0233 e. The van der Waals surface area contributed by atoms with E-state index >= 15 is 0 Å². The molecule has 0 N–H and O–H groups in total. The molecule has 3 aliphatic rings. The highest BCUT2D eigenvalue weighted by molar-refractivity contribution is 4.98. The molecule has 0 aliphatic heterocycles. The Morgan fingerprint density at radius 2 is 0.880 bits per heavy atom. The fraction of sp³-hybridized carbons (Fsp3) is 0.760. The summed E-state index contributed by atoms with van der Waals surface area (Å²) in [5, 5.41) is 0. The maximum absolute atomic E-state index is 3.97. The van der Waals surface area contributed by atoms with Crippen LogP contribution >= 0.6 is 0 Å². The molecule has 3 aliphatic carbocycles. The predicted octanol–water partition coefficient (Wildman–Crippen LogP) is 7.72. The highest BCUT2D eigenvalue weighted by Gasteiger charge is 2.29. The van der Waals surface area contributed by atoms with Crippen LogP contribution in [0.15, 0.2) is 37.0 Å². The molecule has 0 atom stereocenters. The number of rotatable bonds is 5. The summed E-state index contributed by atoms with van der Waals surface area (Å²) in [6, 6.07) is 0. The summed E-state index contributed by atoms with van der Waals surface area (Å²) in [7, 11) is 0. The van der Waals surface area contributed by atoms with Crippen LogP contribution in [0.2, 0.25) is 0 Å². The summed E-state index contributed by atoms with van der Waals surface area (Å²) in [4.78, 5) is 0. The van der Waals surface area contributed by atoms with E-state index in [9.17, 15) is 0 Å². The molecule has 3 fully saturated rings. The second-order valence-corrected chi connectivity index (χ2v) is 9.17. The molecule has 0 aromatic rings. The summed E-state index contributed by atoms with van der Waals surface area (Å²) in [6.45, 7) is 6.14. The number of hydrogen-bond acceptors (Lipinski definition) is 0. The summed E-state index contributed by atoms with van der Waals surface area (Å²) >= 11 is 0. The van der Waals surface area contributed by atoms with Gasteiger partial charge in [-0.1, -0.05) is 30.4 Å². The third kappa shape index (κ3) is 5.60. The Kier molecular flexibility index (Phi) is 7.44. The molecule has 0 spiro atoms. The molecule has 0 radical (unpaired) electrons. The molecule has 0 saturated heterocycles. The van der Waals surface area contributed by atoms with Crippen LogP contribution in [0.3, 0.4) is 0 Å². The monoisotopic (exact) mass is 340 g/mol. The Bertz CT molecular complexity index is 433. The predicted molar refractivity (Wildman–Crippen MR) is 110 cm³/mol. The summed E-state index contributed by atoms with van der Waals surface area (Å²) in [5.74, 6) is 5.50. The first kappa shape index (κ1) is 19.0. The first-order valence-corrected chi connectivity index (χ1v) is 11.2. The normalized spacial score (nSPS) is 40.5. The minimum absolute atomic E-state index is 0.794. The third-order valence-corrected chi connectivity index (χ3v) is 7.57. The van der Waals surface area contributed by atoms with E-state index in [0.29, 0.717) is 0 Å². The fourth-order valence-corrected chi connectivity index (χ4v) is 5.78. The zero-order valence-electron chi connectivity index (χ0n) is 16.5. The molecule has 3 rings (SSSR count). The van der Waals surface area contributed by atoms with Gasteiger partial charge in [0.25, 0.3) is 0 Å². The van der Waals surface area contributed by atoms with E-state index in [1.54, 1.807) is 0 Å². The van der Waals surface area contributed by atoms with Crippen LogP contribution in [-0.4, -0.2) is 0 Å². The van der Waals surface area contributed by atoms with Gasteiger partial charge in [0.05, 0.1) is 0 Å². The topological polar surface area (TPSA) is 0 Å². The van der Waals surface area contributed by atoms with Gasteiger partial charge in [0.15, 0.2) is 0 Å². The SMILES string of the molecule is C=CC1CCC(/C=C/C2CCC(C3CCC(/C=C/C)CC3)CC2)CC1. The summed E-state index contributed by atoms with van der Waals surface area (Å²) in [5.41, 5.74) is 0. The molecule has 0 amide bonds. The minimum atomic E-state index is 0.794. The standard InChI is InChI=1S/C25H40/c1-3-5-21-12-16-24(17-13-21)25-18-14-23(15-19-25)11-10-22-8-6-20(4-2)7-9-22/h3-5,10-11,20-25H,2,6-9,12-19H2,1H3/b5-3+,11-10+. The van der Waals surface area contributed by atoms with Gasteiger partial charge in [-0.15, -0.1) is 6.58 Å². The fourth-order valence-electron chi connectivity index (χ4n) is 5.78. The van der Waals surface area contributed by atoms with E-state index in [0.717, 1.165) is 35.5 Å². The van der Waals surface area contributed by atoms with Crippen LogP contribution < -0.4 is 0 Å². The third-order valence-electron chi connectivity index (χ3n) is 7.57. The Balaban J connectivity index is 1.36.